The van der Waals surface area contributed by atoms with Gasteiger partial charge in [-0.1, -0.05) is 35.4 Å². The fourth-order valence-electron chi connectivity index (χ4n) is 2.43. The molecule has 0 fully saturated rings. The molecular formula is C18H20ClNO2S. The van der Waals surface area contributed by atoms with Crippen molar-refractivity contribution in [3.63, 3.8) is 0 Å². The second-order valence-corrected chi connectivity index (χ2v) is 7.39. The molecule has 0 spiro atoms. The third kappa shape index (κ3) is 4.91. The molecule has 0 bridgehead atoms. The molecule has 1 aromatic carbocycles. The van der Waals surface area contributed by atoms with Gasteiger partial charge in [-0.3, -0.25) is 9.59 Å². The van der Waals surface area contributed by atoms with Crippen LogP contribution in [0.1, 0.15) is 52.2 Å². The SMILES string of the molecule is Cc1ccc(C)c(C(C)NC(=O)CCC(=O)c2ccc(Cl)s2)c1. The number of carbonyl (C=O) groups is 2. The zero-order chi connectivity index (χ0) is 17.0. The van der Waals surface area contributed by atoms with Gasteiger partial charge in [-0.2, -0.15) is 0 Å². The van der Waals surface area contributed by atoms with Crippen molar-refractivity contribution in [1.82, 2.24) is 5.32 Å². The molecule has 1 unspecified atom stereocenters. The average Bonchev–Trinajstić information content (AvgIpc) is 2.93. The lowest BCUT2D eigenvalue weighted by Crippen LogP contribution is -2.27. The number of hydrogen-bond acceptors (Lipinski definition) is 3. The van der Waals surface area contributed by atoms with Crippen LogP contribution < -0.4 is 5.32 Å². The van der Waals surface area contributed by atoms with Crippen molar-refractivity contribution in [3.8, 4) is 0 Å². The normalized spacial score (nSPS) is 12.0. The van der Waals surface area contributed by atoms with Crippen LogP contribution >= 0.6 is 22.9 Å². The molecule has 5 heteroatoms. The first-order chi connectivity index (χ1) is 10.9. The van der Waals surface area contributed by atoms with Gasteiger partial charge >= 0.3 is 0 Å². The maximum atomic E-state index is 12.1. The van der Waals surface area contributed by atoms with E-state index in [-0.39, 0.29) is 30.6 Å². The van der Waals surface area contributed by atoms with Gasteiger partial charge < -0.3 is 5.32 Å². The van der Waals surface area contributed by atoms with Gasteiger partial charge in [-0.15, -0.1) is 11.3 Å². The van der Waals surface area contributed by atoms with E-state index in [0.717, 1.165) is 16.7 Å². The molecular weight excluding hydrogens is 330 g/mol. The van der Waals surface area contributed by atoms with Gasteiger partial charge in [0, 0.05) is 12.8 Å². The fraction of sp³-hybridized carbons (Fsp3) is 0.333. The summed E-state index contributed by atoms with van der Waals surface area (Å²) in [5, 5.41) is 2.96. The first-order valence-electron chi connectivity index (χ1n) is 7.52. The lowest BCUT2D eigenvalue weighted by Gasteiger charge is -2.17. The van der Waals surface area contributed by atoms with Crippen LogP contribution in [0.4, 0.5) is 0 Å². The molecule has 3 nitrogen and oxygen atoms in total. The number of Topliss-reactive ketones (excluding diaryl/α,β-unsaturated/α-hetero) is 1. The van der Waals surface area contributed by atoms with Crippen LogP contribution in [0, 0.1) is 13.8 Å². The number of amides is 1. The number of halogens is 1. The number of rotatable bonds is 6. The van der Waals surface area contributed by atoms with E-state index in [2.05, 4.69) is 23.5 Å². The summed E-state index contributed by atoms with van der Waals surface area (Å²) in [4.78, 5) is 24.7. The van der Waals surface area contributed by atoms with E-state index in [9.17, 15) is 9.59 Å². The van der Waals surface area contributed by atoms with E-state index in [1.54, 1.807) is 12.1 Å². The highest BCUT2D eigenvalue weighted by molar-refractivity contribution is 7.18. The van der Waals surface area contributed by atoms with Crippen molar-refractivity contribution in [2.24, 2.45) is 0 Å². The van der Waals surface area contributed by atoms with E-state index in [4.69, 9.17) is 11.6 Å². The maximum Gasteiger partial charge on any atom is 0.220 e. The van der Waals surface area contributed by atoms with E-state index in [1.807, 2.05) is 20.8 Å². The summed E-state index contributed by atoms with van der Waals surface area (Å²) < 4.78 is 0.585. The van der Waals surface area contributed by atoms with Crippen LogP contribution in [0.5, 0.6) is 0 Å². The molecule has 23 heavy (non-hydrogen) atoms. The summed E-state index contributed by atoms with van der Waals surface area (Å²) in [6.07, 6.45) is 0.381. The van der Waals surface area contributed by atoms with E-state index >= 15 is 0 Å². The van der Waals surface area contributed by atoms with E-state index in [0.29, 0.717) is 9.21 Å². The number of hydrogen-bond donors (Lipinski definition) is 1. The van der Waals surface area contributed by atoms with Crippen molar-refractivity contribution in [2.45, 2.75) is 39.7 Å². The fourth-order valence-corrected chi connectivity index (χ4v) is 3.44. The molecule has 0 saturated carbocycles. The molecule has 1 aromatic heterocycles. The number of benzene rings is 1. The monoisotopic (exact) mass is 349 g/mol. The van der Waals surface area contributed by atoms with Crippen LogP contribution in [-0.2, 0) is 4.79 Å². The second kappa shape index (κ2) is 7.75. The van der Waals surface area contributed by atoms with Gasteiger partial charge in [0.05, 0.1) is 15.3 Å². The van der Waals surface area contributed by atoms with Crippen molar-refractivity contribution >= 4 is 34.6 Å². The zero-order valence-corrected chi connectivity index (χ0v) is 15.1. The molecule has 0 saturated heterocycles. The predicted octanol–water partition coefficient (Wildman–Crippen LogP) is 4.86. The predicted molar refractivity (Wildman–Crippen MR) is 95.4 cm³/mol. The van der Waals surface area contributed by atoms with Crippen LogP contribution in [0.3, 0.4) is 0 Å². The third-order valence-electron chi connectivity index (χ3n) is 3.71. The minimum Gasteiger partial charge on any atom is -0.350 e. The smallest absolute Gasteiger partial charge is 0.220 e. The Kier molecular flexibility index (Phi) is 5.97. The zero-order valence-electron chi connectivity index (χ0n) is 13.5. The summed E-state index contributed by atoms with van der Waals surface area (Å²) in [7, 11) is 0. The molecule has 2 rings (SSSR count). The largest absolute Gasteiger partial charge is 0.350 e. The summed E-state index contributed by atoms with van der Waals surface area (Å²) in [6, 6.07) is 9.51. The van der Waals surface area contributed by atoms with Crippen molar-refractivity contribution < 1.29 is 9.59 Å². The molecule has 1 atom stereocenters. The molecule has 0 radical (unpaired) electrons. The molecule has 1 amide bonds. The Morgan fingerprint density at radius 1 is 1.17 bits per heavy atom. The quantitative estimate of drug-likeness (QED) is 0.757. The summed E-state index contributed by atoms with van der Waals surface area (Å²) in [5.41, 5.74) is 3.42. The number of aryl methyl sites for hydroxylation is 2. The molecule has 0 aliphatic carbocycles. The molecule has 0 aliphatic rings. The molecule has 0 aliphatic heterocycles. The lowest BCUT2D eigenvalue weighted by atomic mass is 10.00. The van der Waals surface area contributed by atoms with Crippen LogP contribution in [0.25, 0.3) is 0 Å². The minimum absolute atomic E-state index is 0.0450. The number of thiophene rings is 1. The topological polar surface area (TPSA) is 46.2 Å². The Morgan fingerprint density at radius 3 is 2.57 bits per heavy atom. The Hall–Kier alpha value is -1.65. The minimum atomic E-state index is -0.116. The van der Waals surface area contributed by atoms with Gasteiger partial charge in [0.2, 0.25) is 5.91 Å². The van der Waals surface area contributed by atoms with Crippen LogP contribution in [0.2, 0.25) is 4.34 Å². The summed E-state index contributed by atoms with van der Waals surface area (Å²) >= 11 is 7.06. The molecule has 1 heterocycles. The third-order valence-corrected chi connectivity index (χ3v) is 4.98. The highest BCUT2D eigenvalue weighted by Crippen LogP contribution is 2.23. The Bertz CT molecular complexity index is 724. The maximum absolute atomic E-state index is 12.1. The Labute approximate surface area is 145 Å². The highest BCUT2D eigenvalue weighted by atomic mass is 35.5. The Morgan fingerprint density at radius 2 is 1.91 bits per heavy atom. The summed E-state index contributed by atoms with van der Waals surface area (Å²) in [6.45, 7) is 6.02. The highest BCUT2D eigenvalue weighted by Gasteiger charge is 2.15. The molecule has 2 aromatic rings. The van der Waals surface area contributed by atoms with Gasteiger partial charge in [-0.05, 0) is 44.0 Å². The van der Waals surface area contributed by atoms with Gasteiger partial charge in [0.15, 0.2) is 5.78 Å². The van der Waals surface area contributed by atoms with Gasteiger partial charge in [-0.25, -0.2) is 0 Å². The standard InChI is InChI=1S/C18H20ClNO2S/c1-11-4-5-12(2)14(10-11)13(3)20-18(22)9-6-15(21)16-7-8-17(19)23-16/h4-5,7-8,10,13H,6,9H2,1-3H3,(H,20,22). The van der Waals surface area contributed by atoms with Gasteiger partial charge in [0.1, 0.15) is 0 Å². The molecule has 1 N–H and O–H groups in total. The van der Waals surface area contributed by atoms with E-state index < -0.39 is 0 Å². The van der Waals surface area contributed by atoms with Crippen molar-refractivity contribution in [1.29, 1.82) is 0 Å². The number of nitrogens with one attached hydrogen (secondary N) is 1. The van der Waals surface area contributed by atoms with E-state index in [1.165, 1.54) is 11.3 Å². The van der Waals surface area contributed by atoms with Crippen LogP contribution in [-0.4, -0.2) is 11.7 Å². The number of carbonyl (C=O) groups excluding carboxylic acids is 2. The van der Waals surface area contributed by atoms with Crippen molar-refractivity contribution in [2.75, 3.05) is 0 Å². The first-order valence-corrected chi connectivity index (χ1v) is 8.71. The summed E-state index contributed by atoms with van der Waals surface area (Å²) in [5.74, 6) is -0.161. The Balaban J connectivity index is 1.89. The average molecular weight is 350 g/mol. The first kappa shape index (κ1) is 17.7. The van der Waals surface area contributed by atoms with Crippen molar-refractivity contribution in [3.05, 3.63) is 56.2 Å². The second-order valence-electron chi connectivity index (χ2n) is 5.68. The van der Waals surface area contributed by atoms with Gasteiger partial charge in [0.25, 0.3) is 0 Å². The van der Waals surface area contributed by atoms with Crippen LogP contribution in [0.15, 0.2) is 30.3 Å². The lowest BCUT2D eigenvalue weighted by molar-refractivity contribution is -0.121. The number of ketones is 1. The molecule has 122 valence electrons.